The Hall–Kier alpha value is -2.28. The summed E-state index contributed by atoms with van der Waals surface area (Å²) in [6.07, 6.45) is 0.422. The van der Waals surface area contributed by atoms with Gasteiger partial charge in [0.05, 0.1) is 18.1 Å². The quantitative estimate of drug-likeness (QED) is 0.898. The van der Waals surface area contributed by atoms with Gasteiger partial charge in [0.2, 0.25) is 5.91 Å². The summed E-state index contributed by atoms with van der Waals surface area (Å²) in [5, 5.41) is 3.22. The Balaban J connectivity index is 2.00. The molecule has 1 aromatic heterocycles. The summed E-state index contributed by atoms with van der Waals surface area (Å²) < 4.78 is 11.2. The molecular weight excluding hydrogens is 314 g/mol. The van der Waals surface area contributed by atoms with Gasteiger partial charge in [-0.15, -0.1) is 0 Å². The van der Waals surface area contributed by atoms with Gasteiger partial charge in [0.25, 0.3) is 0 Å². The highest BCUT2D eigenvalue weighted by Gasteiger charge is 2.30. The lowest BCUT2D eigenvalue weighted by atomic mass is 9.91. The largest absolute Gasteiger partial charge is 0.493 e. The zero-order chi connectivity index (χ0) is 16.6. The standard InChI is InChI=1S/C16H19N3O3S/c1-8(2)22-11-5-4-9(6-12(11)21-3)10-7-13(20)18-15-14(10)23-16(17)19-15/h4-6,8,10H,7H2,1-3H3,(H2,17,19)(H,18,20). The maximum Gasteiger partial charge on any atom is 0.226 e. The molecule has 0 saturated heterocycles. The highest BCUT2D eigenvalue weighted by molar-refractivity contribution is 7.16. The van der Waals surface area contributed by atoms with Gasteiger partial charge in [0.15, 0.2) is 16.6 Å². The van der Waals surface area contributed by atoms with Crippen LogP contribution in [0.5, 0.6) is 11.5 Å². The predicted molar refractivity (Wildman–Crippen MR) is 90.4 cm³/mol. The number of anilines is 2. The minimum Gasteiger partial charge on any atom is -0.493 e. The Labute approximate surface area is 138 Å². The second-order valence-corrected chi connectivity index (χ2v) is 6.71. The molecule has 0 bridgehead atoms. The molecule has 1 atom stereocenters. The maximum absolute atomic E-state index is 11.9. The van der Waals surface area contributed by atoms with Crippen molar-refractivity contribution in [1.29, 1.82) is 0 Å². The molecule has 23 heavy (non-hydrogen) atoms. The first kappa shape index (κ1) is 15.6. The fraction of sp³-hybridized carbons (Fsp3) is 0.375. The number of aromatic nitrogens is 1. The molecule has 7 heteroatoms. The van der Waals surface area contributed by atoms with Crippen molar-refractivity contribution in [3.05, 3.63) is 28.6 Å². The van der Waals surface area contributed by atoms with E-state index in [1.54, 1.807) is 7.11 Å². The van der Waals surface area contributed by atoms with Gasteiger partial charge in [-0.3, -0.25) is 4.79 Å². The van der Waals surface area contributed by atoms with Crippen molar-refractivity contribution < 1.29 is 14.3 Å². The van der Waals surface area contributed by atoms with E-state index in [2.05, 4.69) is 10.3 Å². The summed E-state index contributed by atoms with van der Waals surface area (Å²) in [6.45, 7) is 3.93. The molecule has 1 aromatic carbocycles. The lowest BCUT2D eigenvalue weighted by Crippen LogP contribution is -2.22. The summed E-state index contributed by atoms with van der Waals surface area (Å²) in [5.74, 6) is 1.77. The second kappa shape index (κ2) is 6.08. The number of fused-ring (bicyclic) bond motifs is 1. The minimum atomic E-state index is -0.0736. The van der Waals surface area contributed by atoms with E-state index in [0.717, 1.165) is 10.4 Å². The van der Waals surface area contributed by atoms with Crippen molar-refractivity contribution in [1.82, 2.24) is 4.98 Å². The predicted octanol–water partition coefficient (Wildman–Crippen LogP) is 3.00. The molecule has 1 aliphatic rings. The summed E-state index contributed by atoms with van der Waals surface area (Å²) in [7, 11) is 1.61. The molecule has 1 aliphatic heterocycles. The van der Waals surface area contributed by atoms with Gasteiger partial charge in [-0.05, 0) is 31.5 Å². The first-order valence-corrected chi connectivity index (χ1v) is 8.20. The molecule has 0 spiro atoms. The number of carbonyl (C=O) groups excluding carboxylic acids is 1. The molecular formula is C16H19N3O3S. The molecule has 0 radical (unpaired) electrons. The topological polar surface area (TPSA) is 86.5 Å². The molecule has 0 saturated carbocycles. The number of amides is 1. The molecule has 122 valence electrons. The Morgan fingerprint density at radius 2 is 2.17 bits per heavy atom. The number of rotatable bonds is 4. The third kappa shape index (κ3) is 3.10. The Morgan fingerprint density at radius 1 is 1.39 bits per heavy atom. The number of benzene rings is 1. The number of carbonyl (C=O) groups is 1. The van der Waals surface area contributed by atoms with E-state index >= 15 is 0 Å². The smallest absolute Gasteiger partial charge is 0.226 e. The number of nitrogen functional groups attached to an aromatic ring is 1. The van der Waals surface area contributed by atoms with Crippen LogP contribution < -0.4 is 20.5 Å². The number of ether oxygens (including phenoxy) is 2. The van der Waals surface area contributed by atoms with Gasteiger partial charge in [0.1, 0.15) is 5.82 Å². The normalized spacial score (nSPS) is 16.9. The first-order valence-electron chi connectivity index (χ1n) is 7.38. The van der Waals surface area contributed by atoms with Gasteiger partial charge in [0, 0.05) is 12.3 Å². The SMILES string of the molecule is COc1cc(C2CC(=O)Nc3nc(N)sc32)ccc1OC(C)C. The molecule has 3 rings (SSSR count). The van der Waals surface area contributed by atoms with Crippen LogP contribution in [0.4, 0.5) is 10.9 Å². The average molecular weight is 333 g/mol. The molecule has 3 N–H and O–H groups in total. The molecule has 0 fully saturated rings. The van der Waals surface area contributed by atoms with E-state index < -0.39 is 0 Å². The summed E-state index contributed by atoms with van der Waals surface area (Å²) in [5.41, 5.74) is 6.77. The third-order valence-corrected chi connectivity index (χ3v) is 4.58. The highest BCUT2D eigenvalue weighted by Crippen LogP contribution is 2.43. The minimum absolute atomic E-state index is 0.0584. The number of nitrogens with one attached hydrogen (secondary N) is 1. The van der Waals surface area contributed by atoms with Crippen molar-refractivity contribution >= 4 is 28.2 Å². The van der Waals surface area contributed by atoms with Gasteiger partial charge in [-0.25, -0.2) is 4.98 Å². The molecule has 1 unspecified atom stereocenters. The molecule has 1 amide bonds. The van der Waals surface area contributed by atoms with Crippen molar-refractivity contribution in [3.63, 3.8) is 0 Å². The number of methoxy groups -OCH3 is 1. The van der Waals surface area contributed by atoms with Crippen molar-refractivity contribution in [2.24, 2.45) is 0 Å². The molecule has 0 aliphatic carbocycles. The fourth-order valence-corrected chi connectivity index (χ4v) is 3.57. The first-order chi connectivity index (χ1) is 11.0. The maximum atomic E-state index is 11.9. The molecule has 2 aromatic rings. The number of thiazole rings is 1. The van der Waals surface area contributed by atoms with Crippen LogP contribution in [-0.4, -0.2) is 24.1 Å². The average Bonchev–Trinajstić information content (AvgIpc) is 2.86. The Bertz CT molecular complexity index is 742. The van der Waals surface area contributed by atoms with Gasteiger partial charge in [-0.2, -0.15) is 0 Å². The lowest BCUT2D eigenvalue weighted by molar-refractivity contribution is -0.116. The van der Waals surface area contributed by atoms with Crippen LogP contribution in [0.1, 0.15) is 36.6 Å². The van der Waals surface area contributed by atoms with Crippen LogP contribution in [0.2, 0.25) is 0 Å². The van der Waals surface area contributed by atoms with Crippen LogP contribution in [0.3, 0.4) is 0 Å². The van der Waals surface area contributed by atoms with Crippen LogP contribution in [0, 0.1) is 0 Å². The summed E-state index contributed by atoms with van der Waals surface area (Å²) >= 11 is 1.40. The van der Waals surface area contributed by atoms with E-state index in [-0.39, 0.29) is 17.9 Å². The van der Waals surface area contributed by atoms with Gasteiger partial charge < -0.3 is 20.5 Å². The monoisotopic (exact) mass is 333 g/mol. The van der Waals surface area contributed by atoms with E-state index in [9.17, 15) is 4.79 Å². The van der Waals surface area contributed by atoms with Crippen LogP contribution in [0.25, 0.3) is 0 Å². The van der Waals surface area contributed by atoms with Crippen LogP contribution in [0.15, 0.2) is 18.2 Å². The van der Waals surface area contributed by atoms with Gasteiger partial charge in [-0.1, -0.05) is 17.4 Å². The Kier molecular flexibility index (Phi) is 4.12. The number of nitrogens with two attached hydrogens (primary N) is 1. The summed E-state index contributed by atoms with van der Waals surface area (Å²) in [6, 6.07) is 5.76. The van der Waals surface area contributed by atoms with E-state index in [1.165, 1.54) is 11.3 Å². The van der Waals surface area contributed by atoms with E-state index in [0.29, 0.717) is 28.9 Å². The zero-order valence-corrected chi connectivity index (χ0v) is 14.1. The summed E-state index contributed by atoms with van der Waals surface area (Å²) in [4.78, 5) is 17.1. The third-order valence-electron chi connectivity index (χ3n) is 3.59. The van der Waals surface area contributed by atoms with Crippen LogP contribution >= 0.6 is 11.3 Å². The van der Waals surface area contributed by atoms with Gasteiger partial charge >= 0.3 is 0 Å². The number of hydrogen-bond acceptors (Lipinski definition) is 6. The number of hydrogen-bond donors (Lipinski definition) is 2. The zero-order valence-electron chi connectivity index (χ0n) is 13.3. The van der Waals surface area contributed by atoms with Crippen molar-refractivity contribution in [3.8, 4) is 11.5 Å². The van der Waals surface area contributed by atoms with Crippen LogP contribution in [-0.2, 0) is 4.79 Å². The number of nitrogens with zero attached hydrogens (tertiary/aromatic N) is 1. The second-order valence-electron chi connectivity index (χ2n) is 5.65. The lowest BCUT2D eigenvalue weighted by Gasteiger charge is -2.23. The van der Waals surface area contributed by atoms with Crippen molar-refractivity contribution in [2.45, 2.75) is 32.3 Å². The molecule has 6 nitrogen and oxygen atoms in total. The van der Waals surface area contributed by atoms with Crippen molar-refractivity contribution in [2.75, 3.05) is 18.2 Å². The Morgan fingerprint density at radius 3 is 2.87 bits per heavy atom. The van der Waals surface area contributed by atoms with E-state index in [1.807, 2.05) is 32.0 Å². The highest BCUT2D eigenvalue weighted by atomic mass is 32.1. The molecule has 2 heterocycles. The van der Waals surface area contributed by atoms with E-state index in [4.69, 9.17) is 15.2 Å². The fourth-order valence-electron chi connectivity index (χ4n) is 2.66.